The van der Waals surface area contributed by atoms with E-state index in [2.05, 4.69) is 4.99 Å². The molecule has 0 bridgehead atoms. The van der Waals surface area contributed by atoms with Gasteiger partial charge in [-0.15, -0.1) is 0 Å². The van der Waals surface area contributed by atoms with Gasteiger partial charge in [0.05, 0.1) is 27.0 Å². The van der Waals surface area contributed by atoms with E-state index in [9.17, 15) is 13.2 Å². The number of halogens is 5. The molecule has 2 atom stereocenters. The van der Waals surface area contributed by atoms with Crippen molar-refractivity contribution in [1.29, 1.82) is 0 Å². The molecule has 2 heterocycles. The molecule has 2 aromatic rings. The van der Waals surface area contributed by atoms with Crippen molar-refractivity contribution in [2.24, 2.45) is 16.5 Å². The Labute approximate surface area is 195 Å². The number of amidine groups is 1. The highest BCUT2D eigenvalue weighted by atomic mass is 35.5. The summed E-state index contributed by atoms with van der Waals surface area (Å²) >= 11 is 15.5. The second-order valence-electron chi connectivity index (χ2n) is 6.60. The molecule has 0 aromatic heterocycles. The van der Waals surface area contributed by atoms with E-state index in [4.69, 9.17) is 34.7 Å². The van der Waals surface area contributed by atoms with Gasteiger partial charge in [-0.05, 0) is 42.7 Å². The number of rotatable bonds is 2. The Morgan fingerprint density at radius 2 is 1.65 bits per heavy atom. The van der Waals surface area contributed by atoms with Crippen LogP contribution >= 0.6 is 46.7 Å². The van der Waals surface area contributed by atoms with Crippen molar-refractivity contribution in [2.75, 3.05) is 16.1 Å². The number of para-hydroxylation sites is 1. The number of hydrogen-bond donors (Lipinski definition) is 2. The van der Waals surface area contributed by atoms with Gasteiger partial charge in [-0.2, -0.15) is 13.2 Å². The second-order valence-corrected chi connectivity index (χ2v) is 9.29. The van der Waals surface area contributed by atoms with Gasteiger partial charge in [-0.3, -0.25) is 4.90 Å². The zero-order valence-electron chi connectivity index (χ0n) is 15.9. The Bertz CT molecular complexity index is 1050. The van der Waals surface area contributed by atoms with Crippen LogP contribution in [0, 0.1) is 0 Å². The minimum Gasteiger partial charge on any atom is -0.311 e. The zero-order chi connectivity index (χ0) is 22.5. The van der Waals surface area contributed by atoms with E-state index >= 15 is 0 Å². The minimum atomic E-state index is -4.43. The van der Waals surface area contributed by atoms with E-state index < -0.39 is 23.4 Å². The molecule has 0 saturated heterocycles. The fourth-order valence-electron chi connectivity index (χ4n) is 3.40. The number of nitrogens with zero attached hydrogens (tertiary/aromatic N) is 3. The van der Waals surface area contributed by atoms with E-state index in [-0.39, 0.29) is 0 Å². The Hall–Kier alpha value is -1.56. The smallest absolute Gasteiger partial charge is 0.311 e. The molecule has 0 fully saturated rings. The predicted octanol–water partition coefficient (Wildman–Crippen LogP) is 5.50. The van der Waals surface area contributed by atoms with Crippen molar-refractivity contribution in [3.05, 3.63) is 68.8 Å². The summed E-state index contributed by atoms with van der Waals surface area (Å²) in [5.74, 6) is 0. The molecule has 0 aliphatic carbocycles. The van der Waals surface area contributed by atoms with Crippen LogP contribution in [-0.4, -0.2) is 23.1 Å². The molecule has 0 amide bonds. The lowest BCUT2D eigenvalue weighted by atomic mass is 10.1. The molecule has 0 radical (unpaired) electrons. The Balaban J connectivity index is 1.79. The summed E-state index contributed by atoms with van der Waals surface area (Å²) < 4.78 is 39.0. The average molecular weight is 506 g/mol. The number of hydrogen-bond acceptors (Lipinski definition) is 7. The molecule has 2 aliphatic rings. The predicted molar refractivity (Wildman–Crippen MR) is 124 cm³/mol. The molecule has 2 aromatic carbocycles. The van der Waals surface area contributed by atoms with Crippen molar-refractivity contribution < 1.29 is 13.2 Å². The molecule has 4 rings (SSSR count). The van der Waals surface area contributed by atoms with Crippen LogP contribution in [-0.2, 0) is 6.18 Å². The zero-order valence-corrected chi connectivity index (χ0v) is 19.0. The third kappa shape index (κ3) is 4.01. The summed E-state index contributed by atoms with van der Waals surface area (Å²) in [5, 5.41) is 1.94. The first-order valence-electron chi connectivity index (χ1n) is 8.88. The highest BCUT2D eigenvalue weighted by Gasteiger charge is 2.43. The van der Waals surface area contributed by atoms with Crippen molar-refractivity contribution in [2.45, 2.75) is 17.8 Å². The Morgan fingerprint density at radius 1 is 1.03 bits per heavy atom. The molecule has 5 nitrogen and oxygen atoms in total. The lowest BCUT2D eigenvalue weighted by Crippen LogP contribution is -2.53. The molecular formula is C19H16Cl2F3N5S2. The van der Waals surface area contributed by atoms with Gasteiger partial charge in [0, 0.05) is 5.69 Å². The van der Waals surface area contributed by atoms with Gasteiger partial charge >= 0.3 is 6.18 Å². The van der Waals surface area contributed by atoms with Crippen LogP contribution in [0.15, 0.2) is 58.2 Å². The maximum Gasteiger partial charge on any atom is 0.416 e. The summed E-state index contributed by atoms with van der Waals surface area (Å²) in [6, 6.07) is 9.87. The minimum absolute atomic E-state index is 0.394. The van der Waals surface area contributed by atoms with Crippen molar-refractivity contribution in [3.63, 3.8) is 0 Å². The molecule has 2 aliphatic heterocycles. The highest BCUT2D eigenvalue weighted by Crippen LogP contribution is 2.48. The summed E-state index contributed by atoms with van der Waals surface area (Å²) in [4.78, 5) is 8.06. The van der Waals surface area contributed by atoms with Crippen LogP contribution in [0.5, 0.6) is 0 Å². The van der Waals surface area contributed by atoms with Crippen molar-refractivity contribution >= 4 is 63.3 Å². The number of benzene rings is 2. The lowest BCUT2D eigenvalue weighted by molar-refractivity contribution is -0.137. The van der Waals surface area contributed by atoms with Crippen LogP contribution in [0.1, 0.15) is 5.56 Å². The van der Waals surface area contributed by atoms with Crippen molar-refractivity contribution in [3.8, 4) is 0 Å². The van der Waals surface area contributed by atoms with E-state index in [1.54, 1.807) is 28.0 Å². The first-order chi connectivity index (χ1) is 14.6. The average Bonchev–Trinajstić information content (AvgIpc) is 3.03. The molecule has 31 heavy (non-hydrogen) atoms. The van der Waals surface area contributed by atoms with Gasteiger partial charge in [0.1, 0.15) is 16.7 Å². The molecule has 4 N–H and O–H groups in total. The SMILES string of the molecule is CSC1=NC2=C(C(N)N1c1ccc(C(F)(F)F)cc1)N(c1c(Cl)cccc1Cl)C(N)S2. The van der Waals surface area contributed by atoms with Gasteiger partial charge in [-0.1, -0.05) is 52.8 Å². The number of aliphatic imine (C=N–C) groups is 1. The fraction of sp³-hybridized carbons (Fsp3) is 0.211. The van der Waals surface area contributed by atoms with E-state index in [0.29, 0.717) is 37.3 Å². The summed E-state index contributed by atoms with van der Waals surface area (Å²) in [6.07, 6.45) is -3.39. The monoisotopic (exact) mass is 505 g/mol. The van der Waals surface area contributed by atoms with E-state index in [1.807, 2.05) is 6.26 Å². The van der Waals surface area contributed by atoms with Crippen molar-refractivity contribution in [1.82, 2.24) is 0 Å². The molecular weight excluding hydrogens is 490 g/mol. The highest BCUT2D eigenvalue weighted by molar-refractivity contribution is 8.13. The number of anilines is 2. The van der Waals surface area contributed by atoms with Crippen LogP contribution in [0.25, 0.3) is 0 Å². The molecule has 164 valence electrons. The lowest BCUT2D eigenvalue weighted by Gasteiger charge is -2.38. The maximum atomic E-state index is 13.0. The van der Waals surface area contributed by atoms with E-state index in [0.717, 1.165) is 12.1 Å². The fourth-order valence-corrected chi connectivity index (χ4v) is 5.66. The van der Waals surface area contributed by atoms with Gasteiger partial charge in [0.15, 0.2) is 5.17 Å². The second kappa shape index (κ2) is 8.42. The Kier molecular flexibility index (Phi) is 6.14. The third-order valence-corrected chi connectivity index (χ3v) is 7.00. The first-order valence-corrected chi connectivity index (χ1v) is 11.7. The van der Waals surface area contributed by atoms with E-state index in [1.165, 1.54) is 35.7 Å². The topological polar surface area (TPSA) is 70.9 Å². The first kappa shape index (κ1) is 22.6. The molecule has 0 spiro atoms. The molecule has 2 unspecified atom stereocenters. The summed E-state index contributed by atoms with van der Waals surface area (Å²) in [6.45, 7) is 0. The van der Waals surface area contributed by atoms with Crippen LogP contribution in [0.3, 0.4) is 0 Å². The number of thioether (sulfide) groups is 2. The largest absolute Gasteiger partial charge is 0.416 e. The third-order valence-electron chi connectivity index (χ3n) is 4.76. The van der Waals surface area contributed by atoms with Gasteiger partial charge in [-0.25, -0.2) is 4.99 Å². The van der Waals surface area contributed by atoms with Crippen LogP contribution < -0.4 is 21.3 Å². The standard InChI is InChI=1S/C19H16Cl2F3N5S2/c1-30-18-27-16-14(29(17(26)31-16)13-11(20)3-2-4-12(13)21)15(25)28(18)10-7-5-9(6-8-10)19(22,23)24/h2-8,15,17H,25-26H2,1H3. The summed E-state index contributed by atoms with van der Waals surface area (Å²) in [7, 11) is 0. The van der Waals surface area contributed by atoms with Gasteiger partial charge < -0.3 is 16.4 Å². The van der Waals surface area contributed by atoms with Gasteiger partial charge in [0.2, 0.25) is 0 Å². The Morgan fingerprint density at radius 3 is 2.19 bits per heavy atom. The molecule has 12 heteroatoms. The quantitative estimate of drug-likeness (QED) is 0.561. The molecule has 0 saturated carbocycles. The maximum absolute atomic E-state index is 13.0. The number of nitrogens with two attached hydrogens (primary N) is 2. The van der Waals surface area contributed by atoms with Gasteiger partial charge in [0.25, 0.3) is 0 Å². The normalized spacial score (nSPS) is 21.5. The van der Waals surface area contributed by atoms with Crippen LogP contribution in [0.2, 0.25) is 10.0 Å². The summed E-state index contributed by atoms with van der Waals surface area (Å²) in [5.41, 5.74) is 13.2. The van der Waals surface area contributed by atoms with Crippen LogP contribution in [0.4, 0.5) is 24.5 Å². The number of alkyl halides is 3.